The number of nitrogens with two attached hydrogens (primary N) is 1. The SMILES string of the molecule is CC(C)CN(C[C@@H](O)[C@H](Cc1ccccc1)NC(=O)O[C@H]1CO[C@H]2OCC[C@H]21)S(=O)(=O)c1ccc(N)c(NCCc2cnc[nH]2)c1. The monoisotopic (exact) mass is 656 g/mol. The summed E-state index contributed by atoms with van der Waals surface area (Å²) in [6.45, 7) is 4.99. The Morgan fingerprint density at radius 2 is 2.00 bits per heavy atom. The minimum Gasteiger partial charge on any atom is -0.443 e. The first kappa shape index (κ1) is 33.7. The van der Waals surface area contributed by atoms with Gasteiger partial charge in [-0.3, -0.25) is 0 Å². The van der Waals surface area contributed by atoms with E-state index in [9.17, 15) is 18.3 Å². The first-order valence-electron chi connectivity index (χ1n) is 15.6. The van der Waals surface area contributed by atoms with Crippen molar-refractivity contribution in [3.8, 4) is 0 Å². The average molecular weight is 657 g/mol. The van der Waals surface area contributed by atoms with E-state index < -0.39 is 34.4 Å². The third-order valence-corrected chi connectivity index (χ3v) is 10.0. The number of rotatable bonds is 15. The summed E-state index contributed by atoms with van der Waals surface area (Å²) in [4.78, 5) is 20.2. The van der Waals surface area contributed by atoms with Crippen molar-refractivity contribution in [3.63, 3.8) is 0 Å². The first-order valence-corrected chi connectivity index (χ1v) is 17.1. The fraction of sp³-hybridized carbons (Fsp3) is 0.500. The fourth-order valence-electron chi connectivity index (χ4n) is 5.79. The molecule has 3 aromatic rings. The van der Waals surface area contributed by atoms with Crippen LogP contribution in [0.25, 0.3) is 0 Å². The maximum Gasteiger partial charge on any atom is 0.407 e. The Bertz CT molecular complexity index is 1520. The molecule has 2 fully saturated rings. The average Bonchev–Trinajstić information content (AvgIpc) is 3.79. The van der Waals surface area contributed by atoms with Gasteiger partial charge in [0.15, 0.2) is 6.29 Å². The zero-order valence-electron chi connectivity index (χ0n) is 26.2. The highest BCUT2D eigenvalue weighted by Gasteiger charge is 2.44. The molecule has 5 rings (SSSR count). The van der Waals surface area contributed by atoms with Gasteiger partial charge in [0, 0.05) is 37.9 Å². The summed E-state index contributed by atoms with van der Waals surface area (Å²) in [6, 6.07) is 13.1. The molecular formula is C32H44N6O7S. The summed E-state index contributed by atoms with van der Waals surface area (Å²) >= 11 is 0. The van der Waals surface area contributed by atoms with E-state index in [-0.39, 0.29) is 49.1 Å². The number of aromatic amines is 1. The minimum atomic E-state index is -4.07. The number of aliphatic hydroxyl groups excluding tert-OH is 1. The molecule has 0 radical (unpaired) electrons. The van der Waals surface area contributed by atoms with E-state index in [0.717, 1.165) is 17.7 Å². The van der Waals surface area contributed by atoms with E-state index in [1.807, 2.05) is 44.2 Å². The van der Waals surface area contributed by atoms with Crippen molar-refractivity contribution in [3.05, 3.63) is 72.3 Å². The van der Waals surface area contributed by atoms with Crippen LogP contribution in [0.15, 0.2) is 66.0 Å². The molecular weight excluding hydrogens is 612 g/mol. The van der Waals surface area contributed by atoms with Gasteiger partial charge in [-0.15, -0.1) is 0 Å². The Kier molecular flexibility index (Phi) is 11.2. The van der Waals surface area contributed by atoms with E-state index in [2.05, 4.69) is 20.6 Å². The number of ether oxygens (including phenoxy) is 3. The molecule has 2 aromatic carbocycles. The number of nitrogens with one attached hydrogen (secondary N) is 3. The molecule has 0 bridgehead atoms. The largest absolute Gasteiger partial charge is 0.443 e. The van der Waals surface area contributed by atoms with Crippen LogP contribution in [0.5, 0.6) is 0 Å². The minimum absolute atomic E-state index is 0.0418. The van der Waals surface area contributed by atoms with Gasteiger partial charge in [-0.2, -0.15) is 4.31 Å². The number of alkyl carbamates (subject to hydrolysis) is 1. The quantitative estimate of drug-likeness (QED) is 0.153. The number of benzene rings is 2. The number of hydrogen-bond acceptors (Lipinski definition) is 10. The molecule has 6 N–H and O–H groups in total. The Hall–Kier alpha value is -3.69. The van der Waals surface area contributed by atoms with Crippen molar-refractivity contribution in [1.82, 2.24) is 19.6 Å². The van der Waals surface area contributed by atoms with Crippen molar-refractivity contribution in [2.75, 3.05) is 43.9 Å². The molecule has 1 amide bonds. The van der Waals surface area contributed by atoms with Crippen molar-refractivity contribution in [1.29, 1.82) is 0 Å². The number of fused-ring (bicyclic) bond motifs is 1. The van der Waals surface area contributed by atoms with Gasteiger partial charge in [0.25, 0.3) is 0 Å². The lowest BCUT2D eigenvalue weighted by Crippen LogP contribution is -2.51. The highest BCUT2D eigenvalue weighted by molar-refractivity contribution is 7.89. The molecule has 13 nitrogen and oxygen atoms in total. The molecule has 1 aromatic heterocycles. The lowest BCUT2D eigenvalue weighted by Gasteiger charge is -2.31. The number of sulfonamides is 1. The summed E-state index contributed by atoms with van der Waals surface area (Å²) in [5, 5.41) is 17.6. The zero-order valence-corrected chi connectivity index (χ0v) is 27.0. The van der Waals surface area contributed by atoms with Crippen LogP contribution in [0.4, 0.5) is 16.2 Å². The highest BCUT2D eigenvalue weighted by Crippen LogP contribution is 2.33. The third kappa shape index (κ3) is 8.56. The van der Waals surface area contributed by atoms with Crippen LogP contribution in [0.2, 0.25) is 0 Å². The number of aliphatic hydroxyl groups is 1. The second-order valence-corrected chi connectivity index (χ2v) is 14.1. The summed E-state index contributed by atoms with van der Waals surface area (Å²) in [5.74, 6) is -0.0862. The lowest BCUT2D eigenvalue weighted by molar-refractivity contribution is -0.0907. The lowest BCUT2D eigenvalue weighted by atomic mass is 10.0. The molecule has 0 saturated carbocycles. The Labute approximate surface area is 269 Å². The summed E-state index contributed by atoms with van der Waals surface area (Å²) in [5.41, 5.74) is 8.87. The van der Waals surface area contributed by atoms with Crippen LogP contribution in [-0.4, -0.2) is 91.3 Å². The van der Waals surface area contributed by atoms with Gasteiger partial charge in [-0.1, -0.05) is 44.2 Å². The Balaban J connectivity index is 1.31. The number of imidazole rings is 1. The summed E-state index contributed by atoms with van der Waals surface area (Å²) in [6.07, 6.45) is 2.15. The molecule has 46 heavy (non-hydrogen) atoms. The molecule has 250 valence electrons. The smallest absolute Gasteiger partial charge is 0.407 e. The molecule has 2 aliphatic rings. The number of amides is 1. The highest BCUT2D eigenvalue weighted by atomic mass is 32.2. The van der Waals surface area contributed by atoms with E-state index >= 15 is 0 Å². The van der Waals surface area contributed by atoms with Gasteiger partial charge in [-0.05, 0) is 42.5 Å². The van der Waals surface area contributed by atoms with E-state index in [4.69, 9.17) is 19.9 Å². The second kappa shape index (κ2) is 15.3. The number of nitrogens with zero attached hydrogens (tertiary/aromatic N) is 2. The molecule has 2 saturated heterocycles. The number of carbonyl (C=O) groups is 1. The normalized spacial score (nSPS) is 20.8. The van der Waals surface area contributed by atoms with Crippen molar-refractivity contribution in [2.45, 2.75) is 62.5 Å². The molecule has 3 heterocycles. The van der Waals surface area contributed by atoms with E-state index in [0.29, 0.717) is 30.9 Å². The van der Waals surface area contributed by atoms with Crippen LogP contribution >= 0.6 is 0 Å². The number of anilines is 2. The molecule has 5 atom stereocenters. The van der Waals surface area contributed by atoms with Gasteiger partial charge in [0.1, 0.15) is 6.10 Å². The van der Waals surface area contributed by atoms with Crippen LogP contribution in [0.1, 0.15) is 31.5 Å². The number of hydrogen-bond donors (Lipinski definition) is 5. The predicted molar refractivity (Wildman–Crippen MR) is 172 cm³/mol. The van der Waals surface area contributed by atoms with Crippen molar-refractivity contribution >= 4 is 27.5 Å². The Morgan fingerprint density at radius 1 is 1.20 bits per heavy atom. The molecule has 2 aliphatic heterocycles. The number of aromatic nitrogens is 2. The topological polar surface area (TPSA) is 181 Å². The van der Waals surface area contributed by atoms with Gasteiger partial charge >= 0.3 is 6.09 Å². The molecule has 14 heteroatoms. The summed E-state index contributed by atoms with van der Waals surface area (Å²) in [7, 11) is -4.07. The summed E-state index contributed by atoms with van der Waals surface area (Å²) < 4.78 is 46.2. The number of H-pyrrole nitrogens is 1. The first-order chi connectivity index (χ1) is 22.1. The number of nitrogen functional groups attached to an aromatic ring is 1. The van der Waals surface area contributed by atoms with Gasteiger partial charge in [0.05, 0.1) is 53.9 Å². The molecule has 0 unspecified atom stereocenters. The van der Waals surface area contributed by atoms with Gasteiger partial charge in [-0.25, -0.2) is 18.2 Å². The third-order valence-electron chi connectivity index (χ3n) is 8.20. The zero-order chi connectivity index (χ0) is 32.7. The standard InChI is InChI=1S/C32H44N6O7S/c1-21(2)17-38(46(41,42)24-8-9-26(33)27(15-24)35-12-10-23-16-34-20-36-23)18-29(39)28(14-22-6-4-3-5-7-22)37-32(40)45-30-19-44-31-25(30)11-13-43-31/h3-9,15-16,20-21,25,28-31,35,39H,10-14,17-19,33H2,1-2H3,(H,34,36)(H,37,40)/t25-,28-,29+,30-,31+/m0/s1. The maximum absolute atomic E-state index is 14.1. The second-order valence-electron chi connectivity index (χ2n) is 12.2. The fourth-order valence-corrected chi connectivity index (χ4v) is 7.44. The van der Waals surface area contributed by atoms with Crippen molar-refractivity contribution < 1.29 is 32.5 Å². The van der Waals surface area contributed by atoms with Gasteiger partial charge < -0.3 is 40.7 Å². The number of carbonyl (C=O) groups excluding carboxylic acids is 1. The Morgan fingerprint density at radius 3 is 2.74 bits per heavy atom. The van der Waals surface area contributed by atoms with Crippen LogP contribution < -0.4 is 16.4 Å². The van der Waals surface area contributed by atoms with Crippen molar-refractivity contribution in [2.24, 2.45) is 11.8 Å². The molecule has 0 aliphatic carbocycles. The predicted octanol–water partition coefficient (Wildman–Crippen LogP) is 2.75. The maximum atomic E-state index is 14.1. The van der Waals surface area contributed by atoms with Crippen LogP contribution in [0, 0.1) is 11.8 Å². The van der Waals surface area contributed by atoms with Crippen LogP contribution in [0.3, 0.4) is 0 Å². The van der Waals surface area contributed by atoms with Crippen LogP contribution in [-0.2, 0) is 37.1 Å². The van der Waals surface area contributed by atoms with E-state index in [1.54, 1.807) is 18.6 Å². The molecule has 0 spiro atoms. The van der Waals surface area contributed by atoms with Gasteiger partial charge in [0.2, 0.25) is 10.0 Å². The van der Waals surface area contributed by atoms with E-state index in [1.165, 1.54) is 16.4 Å².